The molecule has 28 heavy (non-hydrogen) atoms. The van der Waals surface area contributed by atoms with Gasteiger partial charge in [-0.05, 0) is 29.1 Å². The van der Waals surface area contributed by atoms with Gasteiger partial charge in [0.25, 0.3) is 0 Å². The summed E-state index contributed by atoms with van der Waals surface area (Å²) in [5.74, 6) is 0.109. The van der Waals surface area contributed by atoms with Gasteiger partial charge in [0, 0.05) is 6.42 Å². The SMILES string of the molecule is COc1cccc2oc(=O)c(Cc3ccccc3)c(OC(=O)c3cccs3)c12. The molecule has 0 aliphatic rings. The van der Waals surface area contributed by atoms with E-state index in [2.05, 4.69) is 0 Å². The Kier molecular flexibility index (Phi) is 4.95. The molecule has 0 aliphatic carbocycles. The topological polar surface area (TPSA) is 65.7 Å². The van der Waals surface area contributed by atoms with Crippen LogP contribution in [0.15, 0.2) is 75.3 Å². The highest BCUT2D eigenvalue weighted by Crippen LogP contribution is 2.36. The second kappa shape index (κ2) is 7.70. The van der Waals surface area contributed by atoms with Crippen LogP contribution >= 0.6 is 11.3 Å². The number of carbonyl (C=O) groups excluding carboxylic acids is 1. The van der Waals surface area contributed by atoms with Gasteiger partial charge in [-0.25, -0.2) is 9.59 Å². The molecule has 2 heterocycles. The first-order valence-corrected chi connectivity index (χ1v) is 9.47. The van der Waals surface area contributed by atoms with Gasteiger partial charge in [0.05, 0.1) is 12.7 Å². The van der Waals surface area contributed by atoms with E-state index in [1.54, 1.807) is 35.7 Å². The van der Waals surface area contributed by atoms with Crippen LogP contribution in [-0.2, 0) is 6.42 Å². The highest BCUT2D eigenvalue weighted by molar-refractivity contribution is 7.12. The third kappa shape index (κ3) is 3.42. The molecule has 5 nitrogen and oxygen atoms in total. The minimum atomic E-state index is -0.543. The second-order valence-electron chi connectivity index (χ2n) is 6.06. The summed E-state index contributed by atoms with van der Waals surface area (Å²) in [6.07, 6.45) is 0.268. The number of rotatable bonds is 5. The molecule has 4 aromatic rings. The fourth-order valence-corrected chi connectivity index (χ4v) is 3.60. The minimum Gasteiger partial charge on any atom is -0.496 e. The van der Waals surface area contributed by atoms with Crippen molar-refractivity contribution in [1.29, 1.82) is 0 Å². The molecule has 4 rings (SSSR count). The van der Waals surface area contributed by atoms with E-state index < -0.39 is 11.6 Å². The van der Waals surface area contributed by atoms with E-state index in [1.807, 2.05) is 30.3 Å². The predicted octanol–water partition coefficient (Wildman–Crippen LogP) is 4.67. The van der Waals surface area contributed by atoms with Crippen LogP contribution < -0.4 is 15.1 Å². The van der Waals surface area contributed by atoms with Crippen LogP contribution in [0.1, 0.15) is 20.8 Å². The number of thiophene rings is 1. The summed E-state index contributed by atoms with van der Waals surface area (Å²) in [6, 6.07) is 18.0. The lowest BCUT2D eigenvalue weighted by Crippen LogP contribution is -2.15. The van der Waals surface area contributed by atoms with E-state index in [4.69, 9.17) is 13.9 Å². The first-order valence-electron chi connectivity index (χ1n) is 8.59. The van der Waals surface area contributed by atoms with Crippen molar-refractivity contribution >= 4 is 28.3 Å². The monoisotopic (exact) mass is 392 g/mol. The Morgan fingerprint density at radius 2 is 1.86 bits per heavy atom. The van der Waals surface area contributed by atoms with Crippen molar-refractivity contribution in [2.75, 3.05) is 7.11 Å². The third-order valence-corrected chi connectivity index (χ3v) is 5.15. The molecule has 0 radical (unpaired) electrons. The van der Waals surface area contributed by atoms with Gasteiger partial charge in [-0.2, -0.15) is 0 Å². The lowest BCUT2D eigenvalue weighted by atomic mass is 10.0. The zero-order valence-corrected chi connectivity index (χ0v) is 15.8. The molecule has 0 aliphatic heterocycles. The van der Waals surface area contributed by atoms with Crippen LogP contribution in [0.4, 0.5) is 0 Å². The van der Waals surface area contributed by atoms with Crippen LogP contribution in [0.5, 0.6) is 11.5 Å². The molecule has 0 fully saturated rings. The van der Waals surface area contributed by atoms with Crippen LogP contribution in [0.3, 0.4) is 0 Å². The Bertz CT molecular complexity index is 1180. The smallest absolute Gasteiger partial charge is 0.353 e. The molecule has 6 heteroatoms. The molecule has 2 aromatic carbocycles. The molecular formula is C22H16O5S. The zero-order valence-electron chi connectivity index (χ0n) is 15.0. The zero-order chi connectivity index (χ0) is 19.5. The molecule has 2 aromatic heterocycles. The van der Waals surface area contributed by atoms with Gasteiger partial charge in [-0.3, -0.25) is 0 Å². The number of hydrogen-bond acceptors (Lipinski definition) is 6. The highest BCUT2D eigenvalue weighted by Gasteiger charge is 2.23. The summed E-state index contributed by atoms with van der Waals surface area (Å²) >= 11 is 1.27. The van der Waals surface area contributed by atoms with Crippen molar-refractivity contribution in [3.8, 4) is 11.5 Å². The number of ether oxygens (including phenoxy) is 2. The van der Waals surface area contributed by atoms with E-state index in [-0.39, 0.29) is 17.7 Å². The average Bonchev–Trinajstić information content (AvgIpc) is 3.25. The van der Waals surface area contributed by atoms with Crippen molar-refractivity contribution in [3.05, 3.63) is 92.5 Å². The van der Waals surface area contributed by atoms with Crippen molar-refractivity contribution < 1.29 is 18.7 Å². The van der Waals surface area contributed by atoms with Crippen LogP contribution in [0.2, 0.25) is 0 Å². The van der Waals surface area contributed by atoms with Crippen molar-refractivity contribution in [1.82, 2.24) is 0 Å². The largest absolute Gasteiger partial charge is 0.496 e. The van der Waals surface area contributed by atoms with E-state index in [0.29, 0.717) is 21.6 Å². The number of methoxy groups -OCH3 is 1. The molecule has 0 saturated heterocycles. The summed E-state index contributed by atoms with van der Waals surface area (Å²) < 4.78 is 16.7. The maximum atomic E-state index is 12.7. The van der Waals surface area contributed by atoms with E-state index >= 15 is 0 Å². The van der Waals surface area contributed by atoms with Crippen LogP contribution in [-0.4, -0.2) is 13.1 Å². The lowest BCUT2D eigenvalue weighted by molar-refractivity contribution is 0.0740. The number of benzene rings is 2. The molecule has 0 spiro atoms. The lowest BCUT2D eigenvalue weighted by Gasteiger charge is -2.13. The summed E-state index contributed by atoms with van der Waals surface area (Å²) in [5.41, 5.74) is 0.930. The number of esters is 1. The Hall–Kier alpha value is -3.38. The van der Waals surface area contributed by atoms with E-state index in [0.717, 1.165) is 5.56 Å². The van der Waals surface area contributed by atoms with Crippen molar-refractivity contribution in [2.24, 2.45) is 0 Å². The molecule has 0 N–H and O–H groups in total. The fraction of sp³-hybridized carbons (Fsp3) is 0.0909. The molecule has 0 amide bonds. The fourth-order valence-electron chi connectivity index (χ4n) is 3.00. The van der Waals surface area contributed by atoms with Gasteiger partial charge in [0.15, 0.2) is 5.75 Å². The van der Waals surface area contributed by atoms with Crippen molar-refractivity contribution in [2.45, 2.75) is 6.42 Å². The maximum Gasteiger partial charge on any atom is 0.353 e. The summed E-state index contributed by atoms with van der Waals surface area (Å²) in [5, 5.41) is 2.25. The molecular weight excluding hydrogens is 376 g/mol. The highest BCUT2D eigenvalue weighted by atomic mass is 32.1. The minimum absolute atomic E-state index is 0.172. The third-order valence-electron chi connectivity index (χ3n) is 4.30. The second-order valence-corrected chi connectivity index (χ2v) is 7.01. The number of carbonyl (C=O) groups is 1. The van der Waals surface area contributed by atoms with Gasteiger partial charge in [-0.1, -0.05) is 42.5 Å². The molecule has 0 unspecified atom stereocenters. The molecule has 140 valence electrons. The summed E-state index contributed by atoms with van der Waals surface area (Å²) in [7, 11) is 1.52. The maximum absolute atomic E-state index is 12.7. The van der Waals surface area contributed by atoms with Gasteiger partial charge < -0.3 is 13.9 Å². The van der Waals surface area contributed by atoms with Crippen molar-refractivity contribution in [3.63, 3.8) is 0 Å². The van der Waals surface area contributed by atoms with Crippen LogP contribution in [0.25, 0.3) is 11.0 Å². The molecule has 0 saturated carbocycles. The summed E-state index contributed by atoms with van der Waals surface area (Å²) in [4.78, 5) is 25.8. The first-order chi connectivity index (χ1) is 13.7. The van der Waals surface area contributed by atoms with Gasteiger partial charge in [-0.15, -0.1) is 11.3 Å². The number of fused-ring (bicyclic) bond motifs is 1. The Morgan fingerprint density at radius 1 is 1.04 bits per heavy atom. The van der Waals surface area contributed by atoms with E-state index in [1.165, 1.54) is 18.4 Å². The van der Waals surface area contributed by atoms with E-state index in [9.17, 15) is 9.59 Å². The summed E-state index contributed by atoms with van der Waals surface area (Å²) in [6.45, 7) is 0. The normalized spacial score (nSPS) is 10.8. The molecule has 0 bridgehead atoms. The average molecular weight is 392 g/mol. The predicted molar refractivity (Wildman–Crippen MR) is 108 cm³/mol. The quantitative estimate of drug-likeness (QED) is 0.365. The number of hydrogen-bond donors (Lipinski definition) is 0. The van der Waals surface area contributed by atoms with Crippen LogP contribution in [0, 0.1) is 0 Å². The first kappa shape index (κ1) is 18.0. The van der Waals surface area contributed by atoms with Gasteiger partial charge in [0.1, 0.15) is 21.6 Å². The van der Waals surface area contributed by atoms with Gasteiger partial charge in [0.2, 0.25) is 0 Å². The Morgan fingerprint density at radius 3 is 2.57 bits per heavy atom. The van der Waals surface area contributed by atoms with Gasteiger partial charge >= 0.3 is 11.6 Å². The Labute approximate surface area is 164 Å². The Balaban J connectivity index is 1.92. The molecule has 0 atom stereocenters. The standard InChI is InChI=1S/C22H16O5S/c1-25-16-9-5-10-17-19(16)20(27-22(24)18-11-6-12-28-18)15(21(23)26-17)13-14-7-3-2-4-8-14/h2-12H,13H2,1H3.